The summed E-state index contributed by atoms with van der Waals surface area (Å²) in [5.41, 5.74) is 1.02. The minimum atomic E-state index is -0.373. The fourth-order valence-corrected chi connectivity index (χ4v) is 4.73. The molecule has 0 fully saturated rings. The van der Waals surface area contributed by atoms with Gasteiger partial charge >= 0.3 is 5.69 Å². The normalized spacial score (nSPS) is 12.4. The zero-order valence-electron chi connectivity index (χ0n) is 20.9. The van der Waals surface area contributed by atoms with Gasteiger partial charge in [0, 0.05) is 25.0 Å². The third-order valence-electron chi connectivity index (χ3n) is 5.55. The van der Waals surface area contributed by atoms with Crippen molar-refractivity contribution in [2.24, 2.45) is 12.5 Å². The van der Waals surface area contributed by atoms with E-state index in [1.54, 1.807) is 15.6 Å². The molecular formula is C27H30N6O2S. The second-order valence-electron chi connectivity index (χ2n) is 9.72. The molecule has 186 valence electrons. The van der Waals surface area contributed by atoms with Crippen LogP contribution in [0.1, 0.15) is 26.3 Å². The van der Waals surface area contributed by atoms with Crippen LogP contribution in [0.25, 0.3) is 17.3 Å². The van der Waals surface area contributed by atoms with E-state index in [0.717, 1.165) is 20.7 Å². The molecule has 4 rings (SSSR count). The number of rotatable bonds is 7. The molecule has 0 spiro atoms. The average molecular weight is 503 g/mol. The second kappa shape index (κ2) is 10.4. The van der Waals surface area contributed by atoms with Gasteiger partial charge in [-0.25, -0.2) is 14.5 Å². The molecule has 0 aliphatic carbocycles. The molecule has 0 aliphatic heterocycles. The molecule has 0 bridgehead atoms. The van der Waals surface area contributed by atoms with Gasteiger partial charge in [0.1, 0.15) is 12.7 Å². The van der Waals surface area contributed by atoms with Crippen LogP contribution in [0.4, 0.5) is 0 Å². The van der Waals surface area contributed by atoms with Crippen molar-refractivity contribution < 1.29 is 0 Å². The summed E-state index contributed by atoms with van der Waals surface area (Å²) in [6.45, 7) is 11.3. The van der Waals surface area contributed by atoms with Gasteiger partial charge in [0.05, 0.1) is 21.3 Å². The monoisotopic (exact) mass is 502 g/mol. The van der Waals surface area contributed by atoms with Gasteiger partial charge in [-0.3, -0.25) is 13.9 Å². The minimum Gasteiger partial charge on any atom is -0.375 e. The van der Waals surface area contributed by atoms with Crippen molar-refractivity contribution in [3.05, 3.63) is 104 Å². The molecule has 0 unspecified atom stereocenters. The summed E-state index contributed by atoms with van der Waals surface area (Å²) >= 11 is 1.45. The number of nitrogens with zero attached hydrogens (tertiary/aromatic N) is 5. The van der Waals surface area contributed by atoms with E-state index in [1.807, 2.05) is 75.4 Å². The van der Waals surface area contributed by atoms with Gasteiger partial charge in [0.2, 0.25) is 0 Å². The van der Waals surface area contributed by atoms with Crippen LogP contribution in [0.15, 0.2) is 81.7 Å². The SMILES string of the molecule is C=c1/c(=C(\NCc2ccc(-n3cncn3)cc2)Sc2ccccc2)c(=O)n(C)c(=O)n1CC(C)(C)C. The Morgan fingerprint density at radius 1 is 1.06 bits per heavy atom. The van der Waals surface area contributed by atoms with Crippen molar-refractivity contribution in [1.29, 1.82) is 0 Å². The van der Waals surface area contributed by atoms with Gasteiger partial charge in [-0.15, -0.1) is 0 Å². The Balaban J connectivity index is 1.79. The molecule has 2 heterocycles. The summed E-state index contributed by atoms with van der Waals surface area (Å²) in [5, 5.41) is 9.06. The summed E-state index contributed by atoms with van der Waals surface area (Å²) in [5.74, 6) is 0. The zero-order valence-corrected chi connectivity index (χ0v) is 21.7. The molecule has 0 atom stereocenters. The van der Waals surface area contributed by atoms with E-state index >= 15 is 0 Å². The van der Waals surface area contributed by atoms with Gasteiger partial charge in [0.15, 0.2) is 0 Å². The van der Waals surface area contributed by atoms with Gasteiger partial charge in [-0.05, 0) is 35.2 Å². The van der Waals surface area contributed by atoms with E-state index in [1.165, 1.54) is 25.1 Å². The predicted octanol–water partition coefficient (Wildman–Crippen LogP) is 2.23. The lowest BCUT2D eigenvalue weighted by Gasteiger charge is -2.21. The Hall–Kier alpha value is -3.85. The number of hydrogen-bond donors (Lipinski definition) is 1. The van der Waals surface area contributed by atoms with Gasteiger partial charge < -0.3 is 5.32 Å². The van der Waals surface area contributed by atoms with Crippen LogP contribution in [0.5, 0.6) is 0 Å². The standard InChI is InChI=1S/C27H30N6O2S/c1-19-23(25(34)31(5)26(35)32(19)16-27(2,3)4)24(36-22-9-7-6-8-10-22)29-15-20-11-13-21(14-12-20)33-18-28-17-30-33/h6-14,17-18,29H,1,15-16H2,2-5H3/b24-23-. The van der Waals surface area contributed by atoms with Crippen LogP contribution in [0.2, 0.25) is 0 Å². The first-order valence-corrected chi connectivity index (χ1v) is 12.4. The van der Waals surface area contributed by atoms with E-state index in [4.69, 9.17) is 0 Å². The molecule has 2 aromatic heterocycles. The van der Waals surface area contributed by atoms with E-state index in [0.29, 0.717) is 28.7 Å². The molecule has 1 N–H and O–H groups in total. The van der Waals surface area contributed by atoms with Crippen LogP contribution in [-0.2, 0) is 20.1 Å². The molecule has 0 saturated carbocycles. The van der Waals surface area contributed by atoms with Crippen molar-refractivity contribution in [2.75, 3.05) is 0 Å². The van der Waals surface area contributed by atoms with Crippen molar-refractivity contribution in [3.8, 4) is 5.69 Å². The van der Waals surface area contributed by atoms with Crippen LogP contribution < -0.4 is 27.1 Å². The molecule has 0 amide bonds. The van der Waals surface area contributed by atoms with E-state index in [9.17, 15) is 9.59 Å². The van der Waals surface area contributed by atoms with Gasteiger partial charge in [-0.2, -0.15) is 5.10 Å². The maximum absolute atomic E-state index is 13.4. The molecule has 0 radical (unpaired) electrons. The lowest BCUT2D eigenvalue weighted by Crippen LogP contribution is -2.59. The van der Waals surface area contributed by atoms with Crippen molar-refractivity contribution >= 4 is 23.4 Å². The third kappa shape index (κ3) is 5.68. The lowest BCUT2D eigenvalue weighted by molar-refractivity contribution is 0.326. The maximum Gasteiger partial charge on any atom is 0.331 e. The van der Waals surface area contributed by atoms with Gasteiger partial charge in [-0.1, -0.05) is 69.4 Å². The van der Waals surface area contributed by atoms with Crippen LogP contribution in [0, 0.1) is 5.41 Å². The molecule has 9 heteroatoms. The fourth-order valence-electron chi connectivity index (χ4n) is 3.75. The Morgan fingerprint density at radius 2 is 1.75 bits per heavy atom. The van der Waals surface area contributed by atoms with Crippen molar-refractivity contribution in [1.82, 2.24) is 29.2 Å². The first kappa shape index (κ1) is 25.2. The Morgan fingerprint density at radius 3 is 2.36 bits per heavy atom. The number of benzene rings is 2. The molecule has 0 saturated heterocycles. The Kier molecular flexibility index (Phi) is 7.30. The predicted molar refractivity (Wildman–Crippen MR) is 144 cm³/mol. The minimum absolute atomic E-state index is 0.170. The number of aromatic nitrogens is 5. The molecular weight excluding hydrogens is 472 g/mol. The summed E-state index contributed by atoms with van der Waals surface area (Å²) in [6, 6.07) is 17.7. The second-order valence-corrected chi connectivity index (χ2v) is 10.8. The number of nitrogens with one attached hydrogen (secondary N) is 1. The third-order valence-corrected chi connectivity index (χ3v) is 6.61. The Labute approximate surface area is 213 Å². The zero-order chi connectivity index (χ0) is 25.9. The Bertz CT molecular complexity index is 1570. The maximum atomic E-state index is 13.4. The lowest BCUT2D eigenvalue weighted by atomic mass is 9.97. The highest BCUT2D eigenvalue weighted by molar-refractivity contribution is 8.07. The highest BCUT2D eigenvalue weighted by atomic mass is 32.2. The molecule has 2 aromatic carbocycles. The first-order chi connectivity index (χ1) is 17.1. The van der Waals surface area contributed by atoms with Crippen LogP contribution in [0.3, 0.4) is 0 Å². The van der Waals surface area contributed by atoms with E-state index in [-0.39, 0.29) is 16.7 Å². The van der Waals surface area contributed by atoms with Gasteiger partial charge in [0.25, 0.3) is 5.56 Å². The highest BCUT2D eigenvalue weighted by Gasteiger charge is 2.17. The fraction of sp³-hybridized carbons (Fsp3) is 0.259. The molecule has 4 aromatic rings. The van der Waals surface area contributed by atoms with Crippen molar-refractivity contribution in [3.63, 3.8) is 0 Å². The molecule has 36 heavy (non-hydrogen) atoms. The average Bonchev–Trinajstić information content (AvgIpc) is 3.39. The molecule has 8 nitrogen and oxygen atoms in total. The summed E-state index contributed by atoms with van der Waals surface area (Å²) in [6.07, 6.45) is 3.14. The highest BCUT2D eigenvalue weighted by Crippen LogP contribution is 2.24. The first-order valence-electron chi connectivity index (χ1n) is 11.6. The van der Waals surface area contributed by atoms with Crippen LogP contribution in [-0.4, -0.2) is 23.9 Å². The molecule has 0 aliphatic rings. The van der Waals surface area contributed by atoms with E-state index < -0.39 is 0 Å². The summed E-state index contributed by atoms with van der Waals surface area (Å²) < 4.78 is 4.45. The van der Waals surface area contributed by atoms with Crippen molar-refractivity contribution in [2.45, 2.75) is 38.8 Å². The number of thioether (sulfide) groups is 1. The smallest absolute Gasteiger partial charge is 0.331 e. The van der Waals surface area contributed by atoms with E-state index in [2.05, 4.69) is 22.0 Å². The quantitative estimate of drug-likeness (QED) is 0.390. The topological polar surface area (TPSA) is 86.7 Å². The summed E-state index contributed by atoms with van der Waals surface area (Å²) in [7, 11) is 1.51. The largest absolute Gasteiger partial charge is 0.375 e. The van der Waals surface area contributed by atoms with Crippen LogP contribution >= 0.6 is 11.8 Å². The number of hydrogen-bond acceptors (Lipinski definition) is 6. The summed E-state index contributed by atoms with van der Waals surface area (Å²) in [4.78, 5) is 31.3.